The Morgan fingerprint density at radius 3 is 2.63 bits per heavy atom. The molecule has 0 bridgehead atoms. The lowest BCUT2D eigenvalue weighted by molar-refractivity contribution is 0.0682. The molecule has 0 amide bonds. The fourth-order valence-electron chi connectivity index (χ4n) is 1.49. The highest BCUT2D eigenvalue weighted by molar-refractivity contribution is 5.97. The molecule has 8 nitrogen and oxygen atoms in total. The molecule has 0 unspecified atom stereocenters. The molecule has 1 heterocycles. The van der Waals surface area contributed by atoms with Crippen LogP contribution in [0.3, 0.4) is 0 Å². The molecule has 3 N–H and O–H groups in total. The van der Waals surface area contributed by atoms with E-state index in [1.165, 1.54) is 35.5 Å². The normalized spacial score (nSPS) is 10.1. The number of aromatic nitrogens is 3. The SMILES string of the molecule is O=C(O)c1ccc(C(=O)O)c(NCn2cncn2)c1. The van der Waals surface area contributed by atoms with Crippen LogP contribution in [0.15, 0.2) is 30.9 Å². The third kappa shape index (κ3) is 2.86. The van der Waals surface area contributed by atoms with Crippen LogP contribution < -0.4 is 5.32 Å². The van der Waals surface area contributed by atoms with Crippen molar-refractivity contribution in [1.82, 2.24) is 14.8 Å². The molecular formula is C11H10N4O4. The van der Waals surface area contributed by atoms with Crippen molar-refractivity contribution in [2.45, 2.75) is 6.67 Å². The predicted octanol–water partition coefficient (Wildman–Crippen LogP) is 0.744. The minimum absolute atomic E-state index is 0.00564. The number of hydrogen-bond acceptors (Lipinski definition) is 5. The number of carboxylic acid groups (broad SMARTS) is 2. The van der Waals surface area contributed by atoms with Gasteiger partial charge in [0.1, 0.15) is 19.3 Å². The maximum Gasteiger partial charge on any atom is 0.337 e. The van der Waals surface area contributed by atoms with Gasteiger partial charge in [0.05, 0.1) is 16.8 Å². The van der Waals surface area contributed by atoms with Crippen molar-refractivity contribution < 1.29 is 19.8 Å². The van der Waals surface area contributed by atoms with Crippen LogP contribution in [0.4, 0.5) is 5.69 Å². The lowest BCUT2D eigenvalue weighted by Gasteiger charge is -2.10. The first-order valence-corrected chi connectivity index (χ1v) is 5.25. The van der Waals surface area contributed by atoms with Crippen LogP contribution in [0.5, 0.6) is 0 Å². The van der Waals surface area contributed by atoms with E-state index in [2.05, 4.69) is 15.4 Å². The Kier molecular flexibility index (Phi) is 3.42. The van der Waals surface area contributed by atoms with Crippen molar-refractivity contribution >= 4 is 17.6 Å². The summed E-state index contributed by atoms with van der Waals surface area (Å²) in [5.74, 6) is -2.27. The molecule has 2 aromatic rings. The first kappa shape index (κ1) is 12.6. The van der Waals surface area contributed by atoms with E-state index in [9.17, 15) is 9.59 Å². The van der Waals surface area contributed by atoms with Gasteiger partial charge in [-0.05, 0) is 18.2 Å². The number of carbonyl (C=O) groups is 2. The van der Waals surface area contributed by atoms with Gasteiger partial charge in [-0.1, -0.05) is 0 Å². The molecule has 0 aliphatic carbocycles. The summed E-state index contributed by atoms with van der Waals surface area (Å²) in [5.41, 5.74) is 0.208. The molecule has 0 atom stereocenters. The summed E-state index contributed by atoms with van der Waals surface area (Å²) in [7, 11) is 0. The van der Waals surface area contributed by atoms with E-state index in [1.54, 1.807) is 0 Å². The standard InChI is InChI=1S/C11H10N4O4/c16-10(17)7-1-2-8(11(18)19)9(3-7)13-6-15-5-12-4-14-15/h1-5,13H,6H2,(H,16,17)(H,18,19). The number of nitrogens with zero attached hydrogens (tertiary/aromatic N) is 3. The zero-order valence-corrected chi connectivity index (χ0v) is 9.65. The predicted molar refractivity (Wildman–Crippen MR) is 64.0 cm³/mol. The second-order valence-corrected chi connectivity index (χ2v) is 3.64. The number of rotatable bonds is 5. The highest BCUT2D eigenvalue weighted by Crippen LogP contribution is 2.18. The van der Waals surface area contributed by atoms with Crippen molar-refractivity contribution in [3.63, 3.8) is 0 Å². The Morgan fingerprint density at radius 1 is 1.26 bits per heavy atom. The molecule has 2 rings (SSSR count). The van der Waals surface area contributed by atoms with Crippen LogP contribution >= 0.6 is 0 Å². The summed E-state index contributed by atoms with van der Waals surface area (Å²) < 4.78 is 1.44. The van der Waals surface area contributed by atoms with Gasteiger partial charge in [0, 0.05) is 0 Å². The van der Waals surface area contributed by atoms with Gasteiger partial charge < -0.3 is 15.5 Å². The van der Waals surface area contributed by atoms with Gasteiger partial charge in [-0.2, -0.15) is 5.10 Å². The number of nitrogens with one attached hydrogen (secondary N) is 1. The van der Waals surface area contributed by atoms with Crippen LogP contribution in [0, 0.1) is 0 Å². The van der Waals surface area contributed by atoms with Gasteiger partial charge in [0.2, 0.25) is 0 Å². The molecule has 0 fully saturated rings. The Hall–Kier alpha value is -2.90. The maximum absolute atomic E-state index is 11.0. The van der Waals surface area contributed by atoms with Crippen molar-refractivity contribution in [3.8, 4) is 0 Å². The Bertz CT molecular complexity index is 609. The molecule has 0 spiro atoms. The fourth-order valence-corrected chi connectivity index (χ4v) is 1.49. The van der Waals surface area contributed by atoms with Gasteiger partial charge in [-0.25, -0.2) is 19.3 Å². The lowest BCUT2D eigenvalue weighted by atomic mass is 10.1. The molecule has 19 heavy (non-hydrogen) atoms. The van der Waals surface area contributed by atoms with Gasteiger partial charge >= 0.3 is 11.9 Å². The van der Waals surface area contributed by atoms with E-state index >= 15 is 0 Å². The molecule has 1 aromatic heterocycles. The molecule has 0 aliphatic rings. The van der Waals surface area contributed by atoms with E-state index in [0.29, 0.717) is 0 Å². The summed E-state index contributed by atoms with van der Waals surface area (Å²) in [6.45, 7) is 0.184. The summed E-state index contributed by atoms with van der Waals surface area (Å²) in [6.07, 6.45) is 2.79. The minimum Gasteiger partial charge on any atom is -0.478 e. The number of benzene rings is 1. The first-order chi connectivity index (χ1) is 9.08. The van der Waals surface area contributed by atoms with Crippen molar-refractivity contribution in [2.75, 3.05) is 5.32 Å². The van der Waals surface area contributed by atoms with Gasteiger partial charge in [-0.15, -0.1) is 0 Å². The molecule has 0 radical (unpaired) electrons. The summed E-state index contributed by atoms with van der Waals surface area (Å²) in [6, 6.07) is 3.75. The summed E-state index contributed by atoms with van der Waals surface area (Å²) in [5, 5.41) is 24.6. The zero-order chi connectivity index (χ0) is 13.8. The largest absolute Gasteiger partial charge is 0.478 e. The molecule has 0 saturated carbocycles. The van der Waals surface area contributed by atoms with Crippen molar-refractivity contribution in [2.24, 2.45) is 0 Å². The van der Waals surface area contributed by atoms with Crippen LogP contribution in [0.2, 0.25) is 0 Å². The van der Waals surface area contributed by atoms with Crippen LogP contribution in [0.25, 0.3) is 0 Å². The first-order valence-electron chi connectivity index (χ1n) is 5.25. The highest BCUT2D eigenvalue weighted by atomic mass is 16.4. The Labute approximate surface area is 107 Å². The number of aromatic carboxylic acids is 2. The number of carboxylic acids is 2. The van der Waals surface area contributed by atoms with Crippen LogP contribution in [-0.2, 0) is 6.67 Å². The number of hydrogen-bond donors (Lipinski definition) is 3. The smallest absolute Gasteiger partial charge is 0.337 e. The van der Waals surface area contributed by atoms with E-state index in [1.807, 2.05) is 0 Å². The minimum atomic E-state index is -1.14. The molecule has 8 heteroatoms. The topological polar surface area (TPSA) is 117 Å². The third-order valence-electron chi connectivity index (χ3n) is 2.40. The molecular weight excluding hydrogens is 252 g/mol. The van der Waals surface area contributed by atoms with Crippen molar-refractivity contribution in [3.05, 3.63) is 42.0 Å². The van der Waals surface area contributed by atoms with E-state index in [4.69, 9.17) is 10.2 Å². The van der Waals surface area contributed by atoms with Gasteiger partial charge in [-0.3, -0.25) is 0 Å². The molecule has 98 valence electrons. The van der Waals surface area contributed by atoms with Gasteiger partial charge in [0.15, 0.2) is 0 Å². The van der Waals surface area contributed by atoms with E-state index < -0.39 is 11.9 Å². The zero-order valence-electron chi connectivity index (χ0n) is 9.65. The maximum atomic E-state index is 11.0. The Morgan fingerprint density at radius 2 is 2.05 bits per heavy atom. The van der Waals surface area contributed by atoms with Crippen molar-refractivity contribution in [1.29, 1.82) is 0 Å². The molecule has 0 aliphatic heterocycles. The average Bonchev–Trinajstić information content (AvgIpc) is 2.88. The highest BCUT2D eigenvalue weighted by Gasteiger charge is 2.13. The monoisotopic (exact) mass is 262 g/mol. The van der Waals surface area contributed by atoms with Crippen LogP contribution in [0.1, 0.15) is 20.7 Å². The Balaban J connectivity index is 2.27. The van der Waals surface area contributed by atoms with E-state index in [-0.39, 0.29) is 23.5 Å². The second-order valence-electron chi connectivity index (χ2n) is 3.64. The number of anilines is 1. The summed E-state index contributed by atoms with van der Waals surface area (Å²) in [4.78, 5) is 25.6. The fraction of sp³-hybridized carbons (Fsp3) is 0.0909. The van der Waals surface area contributed by atoms with Gasteiger partial charge in [0.25, 0.3) is 0 Å². The third-order valence-corrected chi connectivity index (χ3v) is 2.40. The van der Waals surface area contributed by atoms with Crippen LogP contribution in [-0.4, -0.2) is 36.9 Å². The lowest BCUT2D eigenvalue weighted by Crippen LogP contribution is -2.12. The summed E-state index contributed by atoms with van der Waals surface area (Å²) >= 11 is 0. The average molecular weight is 262 g/mol. The van der Waals surface area contributed by atoms with E-state index in [0.717, 1.165) is 0 Å². The quantitative estimate of drug-likeness (QED) is 0.727. The molecule has 0 saturated heterocycles. The second kappa shape index (κ2) is 5.17. The molecule has 1 aromatic carbocycles.